The second-order valence-corrected chi connectivity index (χ2v) is 9.14. The summed E-state index contributed by atoms with van der Waals surface area (Å²) in [5, 5.41) is 0. The highest BCUT2D eigenvalue weighted by molar-refractivity contribution is 7.89. The monoisotopic (exact) mass is 403 g/mol. The van der Waals surface area contributed by atoms with E-state index in [1.54, 1.807) is 54.6 Å². The zero-order chi connectivity index (χ0) is 20.8. The minimum atomic E-state index is -3.72. The summed E-state index contributed by atoms with van der Waals surface area (Å²) in [6, 6.07) is 15.1. The van der Waals surface area contributed by atoms with Gasteiger partial charge in [0.25, 0.3) is 0 Å². The molecule has 0 aliphatic carbocycles. The fourth-order valence-electron chi connectivity index (χ4n) is 2.43. The number of nitrogens with one attached hydrogen (secondary N) is 1. The van der Waals surface area contributed by atoms with E-state index in [-0.39, 0.29) is 35.7 Å². The Morgan fingerprint density at radius 1 is 0.964 bits per heavy atom. The first-order chi connectivity index (χ1) is 13.1. The van der Waals surface area contributed by atoms with E-state index >= 15 is 0 Å². The summed E-state index contributed by atoms with van der Waals surface area (Å²) in [7, 11) is -3.72. The molecule has 0 aromatic heterocycles. The average molecular weight is 404 g/mol. The van der Waals surface area contributed by atoms with Crippen LogP contribution in [0.4, 0.5) is 0 Å². The van der Waals surface area contributed by atoms with E-state index in [1.165, 1.54) is 0 Å². The van der Waals surface area contributed by atoms with Crippen LogP contribution in [0.1, 0.15) is 43.1 Å². The summed E-state index contributed by atoms with van der Waals surface area (Å²) in [5.41, 5.74) is 1.41. The predicted molar refractivity (Wildman–Crippen MR) is 107 cm³/mol. The molecule has 28 heavy (non-hydrogen) atoms. The van der Waals surface area contributed by atoms with Crippen LogP contribution in [0, 0.1) is 0 Å². The van der Waals surface area contributed by atoms with E-state index in [0.29, 0.717) is 5.56 Å². The van der Waals surface area contributed by atoms with E-state index in [0.717, 1.165) is 5.56 Å². The number of carbonyl (C=O) groups excluding carboxylic acids is 2. The minimum Gasteiger partial charge on any atom is -0.457 e. The van der Waals surface area contributed by atoms with E-state index < -0.39 is 16.0 Å². The molecule has 0 atom stereocenters. The largest absolute Gasteiger partial charge is 0.457 e. The number of esters is 1. The van der Waals surface area contributed by atoms with Gasteiger partial charge in [-0.1, -0.05) is 63.2 Å². The number of carbonyl (C=O) groups is 2. The van der Waals surface area contributed by atoms with Crippen molar-refractivity contribution in [3.05, 3.63) is 65.7 Å². The van der Waals surface area contributed by atoms with Crippen molar-refractivity contribution in [1.82, 2.24) is 4.72 Å². The number of rotatable bonds is 8. The lowest BCUT2D eigenvalue weighted by Crippen LogP contribution is -2.27. The van der Waals surface area contributed by atoms with E-state index in [2.05, 4.69) is 4.72 Å². The molecule has 0 aliphatic rings. The Bertz CT molecular complexity index is 914. The second-order valence-electron chi connectivity index (χ2n) is 7.37. The smallest absolute Gasteiger partial charge is 0.307 e. The van der Waals surface area contributed by atoms with E-state index in [4.69, 9.17) is 4.74 Å². The van der Waals surface area contributed by atoms with Gasteiger partial charge >= 0.3 is 5.97 Å². The maximum absolute atomic E-state index is 12.3. The Morgan fingerprint density at radius 2 is 1.57 bits per heavy atom. The number of Topliss-reactive ketones (excluding diaryl/α,β-unsaturated/α-hetero) is 1. The standard InChI is InChI=1S/C21H25NO5S/c1-21(2,3)17-9-11-18(12-10-17)28(25,26)22-14-13-20(24)27-15-19(23)16-7-5-4-6-8-16/h4-12,22H,13-15H2,1-3H3. The Morgan fingerprint density at radius 3 is 2.14 bits per heavy atom. The fraction of sp³-hybridized carbons (Fsp3) is 0.333. The van der Waals surface area contributed by atoms with Crippen LogP contribution in [-0.4, -0.2) is 33.3 Å². The van der Waals surface area contributed by atoms with Gasteiger partial charge in [0.2, 0.25) is 10.0 Å². The summed E-state index contributed by atoms with van der Waals surface area (Å²) >= 11 is 0. The number of benzene rings is 2. The first-order valence-electron chi connectivity index (χ1n) is 8.94. The number of ether oxygens (including phenoxy) is 1. The summed E-state index contributed by atoms with van der Waals surface area (Å²) in [4.78, 5) is 23.8. The Labute approximate surface area is 166 Å². The molecule has 0 unspecified atom stereocenters. The third-order valence-corrected chi connectivity index (χ3v) is 5.59. The van der Waals surface area contributed by atoms with Gasteiger partial charge in [0.1, 0.15) is 0 Å². The third kappa shape index (κ3) is 6.28. The number of hydrogen-bond donors (Lipinski definition) is 1. The molecule has 0 aliphatic heterocycles. The van der Waals surface area contributed by atoms with Crippen molar-refractivity contribution in [2.75, 3.05) is 13.2 Å². The molecule has 2 aromatic carbocycles. The molecule has 0 heterocycles. The molecule has 2 aromatic rings. The topological polar surface area (TPSA) is 89.5 Å². The zero-order valence-corrected chi connectivity index (χ0v) is 17.1. The molecule has 0 bridgehead atoms. The first kappa shape index (κ1) is 21.8. The van der Waals surface area contributed by atoms with Crippen LogP contribution < -0.4 is 4.72 Å². The van der Waals surface area contributed by atoms with Crippen LogP contribution in [-0.2, 0) is 25.0 Å². The van der Waals surface area contributed by atoms with Gasteiger partial charge in [0.15, 0.2) is 12.4 Å². The quantitative estimate of drug-likeness (QED) is 0.540. The summed E-state index contributed by atoms with van der Waals surface area (Å²) < 4.78 is 31.9. The van der Waals surface area contributed by atoms with Crippen molar-refractivity contribution in [3.8, 4) is 0 Å². The van der Waals surface area contributed by atoms with Crippen LogP contribution in [0.2, 0.25) is 0 Å². The van der Waals surface area contributed by atoms with Crippen LogP contribution in [0.25, 0.3) is 0 Å². The molecule has 0 saturated carbocycles. The van der Waals surface area contributed by atoms with Gasteiger partial charge in [0, 0.05) is 12.1 Å². The molecule has 1 N–H and O–H groups in total. The van der Waals surface area contributed by atoms with Crippen molar-refractivity contribution in [1.29, 1.82) is 0 Å². The molecule has 7 heteroatoms. The van der Waals surface area contributed by atoms with Gasteiger partial charge in [-0.15, -0.1) is 0 Å². The van der Waals surface area contributed by atoms with E-state index in [1.807, 2.05) is 20.8 Å². The van der Waals surface area contributed by atoms with Crippen LogP contribution in [0.3, 0.4) is 0 Å². The first-order valence-corrected chi connectivity index (χ1v) is 10.4. The van der Waals surface area contributed by atoms with Crippen molar-refractivity contribution in [2.24, 2.45) is 0 Å². The Balaban J connectivity index is 1.81. The molecule has 0 saturated heterocycles. The lowest BCUT2D eigenvalue weighted by Gasteiger charge is -2.19. The van der Waals surface area contributed by atoms with Crippen LogP contribution in [0.15, 0.2) is 59.5 Å². The van der Waals surface area contributed by atoms with Gasteiger partial charge in [-0.3, -0.25) is 9.59 Å². The van der Waals surface area contributed by atoms with Crippen LogP contribution in [0.5, 0.6) is 0 Å². The average Bonchev–Trinajstić information content (AvgIpc) is 2.66. The molecule has 0 amide bonds. The van der Waals surface area contributed by atoms with E-state index in [9.17, 15) is 18.0 Å². The highest BCUT2D eigenvalue weighted by Crippen LogP contribution is 2.23. The zero-order valence-electron chi connectivity index (χ0n) is 16.3. The lowest BCUT2D eigenvalue weighted by atomic mass is 9.87. The highest BCUT2D eigenvalue weighted by Gasteiger charge is 2.18. The second kappa shape index (κ2) is 9.12. The molecule has 6 nitrogen and oxygen atoms in total. The van der Waals surface area contributed by atoms with Gasteiger partial charge in [-0.25, -0.2) is 13.1 Å². The summed E-state index contributed by atoms with van der Waals surface area (Å²) in [5.74, 6) is -0.955. The molecule has 150 valence electrons. The minimum absolute atomic E-state index is 0.0728. The van der Waals surface area contributed by atoms with Crippen molar-refractivity contribution in [3.63, 3.8) is 0 Å². The SMILES string of the molecule is CC(C)(C)c1ccc(S(=O)(=O)NCCC(=O)OCC(=O)c2ccccc2)cc1. The summed E-state index contributed by atoms with van der Waals surface area (Å²) in [6.07, 6.45) is -0.165. The normalized spacial score (nSPS) is 11.8. The molecule has 0 fully saturated rings. The lowest BCUT2D eigenvalue weighted by molar-refractivity contribution is -0.142. The number of hydrogen-bond acceptors (Lipinski definition) is 5. The van der Waals surface area contributed by atoms with Gasteiger partial charge in [-0.05, 0) is 23.1 Å². The number of ketones is 1. The van der Waals surface area contributed by atoms with Crippen molar-refractivity contribution in [2.45, 2.75) is 37.5 Å². The fourth-order valence-corrected chi connectivity index (χ4v) is 3.46. The maximum Gasteiger partial charge on any atom is 0.307 e. The molecule has 0 spiro atoms. The number of sulfonamides is 1. The summed E-state index contributed by atoms with van der Waals surface area (Å²) in [6.45, 7) is 5.65. The predicted octanol–water partition coefficient (Wildman–Crippen LogP) is 3.08. The van der Waals surface area contributed by atoms with Gasteiger partial charge in [-0.2, -0.15) is 0 Å². The molecular weight excluding hydrogens is 378 g/mol. The highest BCUT2D eigenvalue weighted by atomic mass is 32.2. The molecule has 0 radical (unpaired) electrons. The van der Waals surface area contributed by atoms with Crippen LogP contribution >= 0.6 is 0 Å². The third-order valence-electron chi connectivity index (χ3n) is 4.11. The maximum atomic E-state index is 12.3. The van der Waals surface area contributed by atoms with Crippen molar-refractivity contribution < 1.29 is 22.7 Å². The molecular formula is C21H25NO5S. The van der Waals surface area contributed by atoms with Gasteiger partial charge < -0.3 is 4.74 Å². The van der Waals surface area contributed by atoms with Crippen molar-refractivity contribution >= 4 is 21.8 Å². The Kier molecular flexibility index (Phi) is 7.10. The Hall–Kier alpha value is -2.51. The molecule has 2 rings (SSSR count). The van der Waals surface area contributed by atoms with Gasteiger partial charge in [0.05, 0.1) is 11.3 Å².